The van der Waals surface area contributed by atoms with E-state index in [0.717, 1.165) is 47.6 Å². The lowest BCUT2D eigenvalue weighted by atomic mass is 10.2. The average Bonchev–Trinajstić information content (AvgIpc) is 3.27. The third-order valence-corrected chi connectivity index (χ3v) is 6.74. The van der Waals surface area contributed by atoms with E-state index in [1.54, 1.807) is 7.11 Å². The van der Waals surface area contributed by atoms with Crippen LogP contribution in [0.1, 0.15) is 20.8 Å². The number of halogens is 1. The molecule has 1 saturated heterocycles. The predicted molar refractivity (Wildman–Crippen MR) is 127 cm³/mol. The second-order valence-corrected chi connectivity index (χ2v) is 9.28. The molecule has 1 aromatic heterocycles. The van der Waals surface area contributed by atoms with Gasteiger partial charge in [0.25, 0.3) is 5.91 Å². The fourth-order valence-electron chi connectivity index (χ4n) is 3.62. The van der Waals surface area contributed by atoms with E-state index in [-0.39, 0.29) is 5.91 Å². The van der Waals surface area contributed by atoms with Gasteiger partial charge in [-0.2, -0.15) is 0 Å². The number of benzene rings is 2. The van der Waals surface area contributed by atoms with Crippen LogP contribution in [0.5, 0.6) is 11.5 Å². The topological polar surface area (TPSA) is 42.0 Å². The summed E-state index contributed by atoms with van der Waals surface area (Å²) >= 11 is 5.01. The van der Waals surface area contributed by atoms with E-state index in [4.69, 9.17) is 9.47 Å². The summed E-state index contributed by atoms with van der Waals surface area (Å²) < 4.78 is 12.3. The quantitative estimate of drug-likeness (QED) is 0.454. The van der Waals surface area contributed by atoms with Gasteiger partial charge in [-0.25, -0.2) is 0 Å². The van der Waals surface area contributed by atoms with Crippen LogP contribution < -0.4 is 9.47 Å². The second kappa shape index (κ2) is 10.3. The van der Waals surface area contributed by atoms with Crippen LogP contribution in [0.2, 0.25) is 0 Å². The Morgan fingerprint density at radius 3 is 2.52 bits per heavy atom. The van der Waals surface area contributed by atoms with Crippen molar-refractivity contribution in [1.82, 2.24) is 9.80 Å². The maximum Gasteiger partial charge on any atom is 0.264 e. The van der Waals surface area contributed by atoms with Gasteiger partial charge >= 0.3 is 0 Å². The molecule has 0 unspecified atom stereocenters. The number of carbonyl (C=O) groups excluding carboxylic acids is 1. The van der Waals surface area contributed by atoms with Crippen LogP contribution in [-0.2, 0) is 13.2 Å². The molecule has 0 bridgehead atoms. The van der Waals surface area contributed by atoms with Crippen molar-refractivity contribution in [2.45, 2.75) is 13.2 Å². The van der Waals surface area contributed by atoms with E-state index in [1.165, 1.54) is 16.9 Å². The summed E-state index contributed by atoms with van der Waals surface area (Å²) in [6, 6.07) is 17.9. The first-order valence-electron chi connectivity index (χ1n) is 10.2. The molecule has 1 aliphatic heterocycles. The number of methoxy groups -OCH3 is 1. The number of hydrogen-bond acceptors (Lipinski definition) is 5. The Morgan fingerprint density at radius 1 is 1.00 bits per heavy atom. The molecule has 0 N–H and O–H groups in total. The number of para-hydroxylation sites is 2. The zero-order valence-electron chi connectivity index (χ0n) is 17.4. The van der Waals surface area contributed by atoms with E-state index >= 15 is 0 Å². The molecule has 2 aromatic carbocycles. The molecule has 2 heterocycles. The molecule has 7 heteroatoms. The Labute approximate surface area is 195 Å². The molecule has 3 aromatic rings. The van der Waals surface area contributed by atoms with Crippen molar-refractivity contribution >= 4 is 33.2 Å². The van der Waals surface area contributed by atoms with E-state index < -0.39 is 0 Å². The summed E-state index contributed by atoms with van der Waals surface area (Å²) in [7, 11) is 1.63. The highest BCUT2D eigenvalue weighted by molar-refractivity contribution is 9.10. The van der Waals surface area contributed by atoms with Crippen LogP contribution in [0.15, 0.2) is 64.5 Å². The Balaban J connectivity index is 1.29. The van der Waals surface area contributed by atoms with Gasteiger partial charge in [0.05, 0.1) is 12.0 Å². The summed E-state index contributed by atoms with van der Waals surface area (Å²) in [5.74, 6) is 1.51. The molecule has 162 valence electrons. The van der Waals surface area contributed by atoms with Gasteiger partial charge in [-0.1, -0.05) is 40.2 Å². The first-order valence-corrected chi connectivity index (χ1v) is 11.9. The molecule has 0 spiro atoms. The molecule has 31 heavy (non-hydrogen) atoms. The molecule has 1 fully saturated rings. The maximum atomic E-state index is 12.9. The fraction of sp³-hybridized carbons (Fsp3) is 0.292. The van der Waals surface area contributed by atoms with Crippen LogP contribution in [0, 0.1) is 0 Å². The van der Waals surface area contributed by atoms with Crippen molar-refractivity contribution in [3.63, 3.8) is 0 Å². The number of hydrogen-bond donors (Lipinski definition) is 0. The monoisotopic (exact) mass is 500 g/mol. The van der Waals surface area contributed by atoms with Crippen LogP contribution in [-0.4, -0.2) is 49.0 Å². The molecule has 5 nitrogen and oxygen atoms in total. The molecule has 0 aliphatic carbocycles. The normalized spacial score (nSPS) is 14.5. The number of thiophene rings is 1. The lowest BCUT2D eigenvalue weighted by molar-refractivity contribution is 0.0633. The highest BCUT2D eigenvalue weighted by Crippen LogP contribution is 2.27. The Bertz CT molecular complexity index is 1030. The van der Waals surface area contributed by atoms with Crippen LogP contribution >= 0.6 is 27.3 Å². The van der Waals surface area contributed by atoms with Gasteiger partial charge in [0.2, 0.25) is 0 Å². The first-order chi connectivity index (χ1) is 15.1. The second-order valence-electron chi connectivity index (χ2n) is 7.46. The average molecular weight is 501 g/mol. The zero-order valence-corrected chi connectivity index (χ0v) is 19.8. The predicted octanol–water partition coefficient (Wildman–Crippen LogP) is 5.06. The van der Waals surface area contributed by atoms with E-state index in [1.807, 2.05) is 46.7 Å². The van der Waals surface area contributed by atoms with Crippen molar-refractivity contribution in [2.24, 2.45) is 0 Å². The number of nitrogens with zero attached hydrogens (tertiary/aromatic N) is 2. The fourth-order valence-corrected chi connectivity index (χ4v) is 4.93. The van der Waals surface area contributed by atoms with Crippen molar-refractivity contribution in [3.05, 3.63) is 80.5 Å². The number of ether oxygens (including phenoxy) is 2. The Hall–Kier alpha value is -2.35. The molecular formula is C24H25BrN2O3S. The number of amides is 1. The zero-order chi connectivity index (χ0) is 21.6. The molecule has 4 rings (SSSR count). The third-order valence-electron chi connectivity index (χ3n) is 5.28. The van der Waals surface area contributed by atoms with Gasteiger partial charge in [0, 0.05) is 42.8 Å². The van der Waals surface area contributed by atoms with Crippen molar-refractivity contribution in [3.8, 4) is 11.5 Å². The van der Waals surface area contributed by atoms with Gasteiger partial charge in [-0.3, -0.25) is 9.69 Å². The van der Waals surface area contributed by atoms with Crippen LogP contribution in [0.4, 0.5) is 0 Å². The molecule has 0 radical (unpaired) electrons. The number of piperazine rings is 1. The largest absolute Gasteiger partial charge is 0.493 e. The molecule has 1 amide bonds. The van der Waals surface area contributed by atoms with Gasteiger partial charge in [-0.15, -0.1) is 11.3 Å². The highest BCUT2D eigenvalue weighted by atomic mass is 79.9. The lowest BCUT2D eigenvalue weighted by Crippen LogP contribution is -2.48. The van der Waals surface area contributed by atoms with Gasteiger partial charge < -0.3 is 14.4 Å². The van der Waals surface area contributed by atoms with Gasteiger partial charge in [-0.05, 0) is 41.3 Å². The minimum atomic E-state index is 0.107. The van der Waals surface area contributed by atoms with Crippen molar-refractivity contribution in [2.75, 3.05) is 33.3 Å². The smallest absolute Gasteiger partial charge is 0.264 e. The molecule has 0 atom stereocenters. The van der Waals surface area contributed by atoms with E-state index in [2.05, 4.69) is 39.0 Å². The summed E-state index contributed by atoms with van der Waals surface area (Å²) in [4.78, 5) is 18.1. The lowest BCUT2D eigenvalue weighted by Gasteiger charge is -2.34. The van der Waals surface area contributed by atoms with E-state index in [0.29, 0.717) is 18.1 Å². The summed E-state index contributed by atoms with van der Waals surface area (Å²) in [5, 5.41) is 1.99. The third kappa shape index (κ3) is 5.67. The van der Waals surface area contributed by atoms with Crippen LogP contribution in [0.25, 0.3) is 0 Å². The minimum Gasteiger partial charge on any atom is -0.493 e. The molecule has 1 aliphatic rings. The van der Waals surface area contributed by atoms with E-state index in [9.17, 15) is 4.79 Å². The van der Waals surface area contributed by atoms with Crippen molar-refractivity contribution < 1.29 is 14.3 Å². The maximum absolute atomic E-state index is 12.9. The number of carbonyl (C=O) groups is 1. The molecule has 0 saturated carbocycles. The standard InChI is InChI=1S/C24H25BrN2O3S/c1-29-21-7-2-3-8-22(21)30-16-19-14-23(31-17-19)24(28)27-11-9-26(10-12-27)15-18-5-4-6-20(25)13-18/h2-8,13-14,17H,9-12,15-16H2,1H3. The summed E-state index contributed by atoms with van der Waals surface area (Å²) in [5.41, 5.74) is 2.28. The Kier molecular flexibility index (Phi) is 7.27. The minimum absolute atomic E-state index is 0.107. The van der Waals surface area contributed by atoms with Gasteiger partial charge in [0.15, 0.2) is 11.5 Å². The molecular weight excluding hydrogens is 476 g/mol. The summed E-state index contributed by atoms with van der Waals surface area (Å²) in [6.07, 6.45) is 0. The first kappa shape index (κ1) is 21.9. The SMILES string of the molecule is COc1ccccc1OCc1csc(C(=O)N2CCN(Cc3cccc(Br)c3)CC2)c1. The number of rotatable bonds is 7. The highest BCUT2D eigenvalue weighted by Gasteiger charge is 2.23. The van der Waals surface area contributed by atoms with Crippen molar-refractivity contribution in [1.29, 1.82) is 0 Å². The van der Waals surface area contributed by atoms with Gasteiger partial charge in [0.1, 0.15) is 6.61 Å². The van der Waals surface area contributed by atoms with Crippen LogP contribution in [0.3, 0.4) is 0 Å². The summed E-state index contributed by atoms with van der Waals surface area (Å²) in [6.45, 7) is 4.58. The Morgan fingerprint density at radius 2 is 1.77 bits per heavy atom.